The molecule has 0 aliphatic carbocycles. The van der Waals surface area contributed by atoms with Crippen molar-refractivity contribution in [2.75, 3.05) is 32.8 Å². The van der Waals surface area contributed by atoms with Gasteiger partial charge in [0.25, 0.3) is 5.91 Å². The Morgan fingerprint density at radius 1 is 1.07 bits per heavy atom. The zero-order valence-electron chi connectivity index (χ0n) is 15.9. The Hall–Kier alpha value is -2.47. The summed E-state index contributed by atoms with van der Waals surface area (Å²) in [4.78, 5) is 17.1. The molecule has 1 amide bonds. The molecular formula is C22H24F2N2O2. The first kappa shape index (κ1) is 18.9. The van der Waals surface area contributed by atoms with E-state index in [0.29, 0.717) is 55.0 Å². The van der Waals surface area contributed by atoms with Crippen molar-refractivity contribution < 1.29 is 18.3 Å². The minimum absolute atomic E-state index is 0.00887. The van der Waals surface area contributed by atoms with Gasteiger partial charge in [0.2, 0.25) is 0 Å². The summed E-state index contributed by atoms with van der Waals surface area (Å²) in [5, 5.41) is 0. The number of carbonyl (C=O) groups is 1. The number of amides is 1. The molecule has 6 heteroatoms. The number of halogens is 2. The molecule has 2 atom stereocenters. The van der Waals surface area contributed by atoms with Crippen molar-refractivity contribution in [1.29, 1.82) is 0 Å². The normalized spacial score (nSPS) is 21.8. The minimum atomic E-state index is -0.555. The number of hydrogen-bond donors (Lipinski definition) is 0. The standard InChI is InChI=1S/C22H24F2N2O2/c1-2-28-21-6-4-3-5-19(21)22(27)26-13-16-11-25(12-17(16)14-26)10-15-7-8-18(23)9-20(15)24/h3-9,16-17H,2,10-14H2,1H3. The largest absolute Gasteiger partial charge is 0.493 e. The molecule has 0 aromatic heterocycles. The molecule has 0 bridgehead atoms. The Morgan fingerprint density at radius 2 is 1.79 bits per heavy atom. The van der Waals surface area contributed by atoms with E-state index in [1.165, 1.54) is 12.1 Å². The lowest BCUT2D eigenvalue weighted by molar-refractivity contribution is 0.0769. The van der Waals surface area contributed by atoms with E-state index in [4.69, 9.17) is 4.74 Å². The number of benzene rings is 2. The Bertz CT molecular complexity index is 859. The lowest BCUT2D eigenvalue weighted by Gasteiger charge is -2.22. The molecule has 0 radical (unpaired) electrons. The third-order valence-electron chi connectivity index (χ3n) is 5.68. The van der Waals surface area contributed by atoms with E-state index in [1.54, 1.807) is 0 Å². The van der Waals surface area contributed by atoms with Gasteiger partial charge in [0, 0.05) is 44.4 Å². The number of rotatable bonds is 5. The molecular weight excluding hydrogens is 362 g/mol. The molecule has 4 rings (SSSR count). The Kier molecular flexibility index (Phi) is 5.31. The Balaban J connectivity index is 1.38. The number of nitrogens with zero attached hydrogens (tertiary/aromatic N) is 2. The van der Waals surface area contributed by atoms with Gasteiger partial charge in [0.15, 0.2) is 0 Å². The van der Waals surface area contributed by atoms with Gasteiger partial charge in [-0.15, -0.1) is 0 Å². The van der Waals surface area contributed by atoms with Crippen LogP contribution in [0.1, 0.15) is 22.8 Å². The highest BCUT2D eigenvalue weighted by atomic mass is 19.1. The first-order valence-electron chi connectivity index (χ1n) is 9.72. The third kappa shape index (κ3) is 3.74. The van der Waals surface area contributed by atoms with Crippen molar-refractivity contribution >= 4 is 5.91 Å². The fourth-order valence-electron chi connectivity index (χ4n) is 4.37. The van der Waals surface area contributed by atoms with Crippen LogP contribution in [0.4, 0.5) is 8.78 Å². The van der Waals surface area contributed by atoms with Gasteiger partial charge < -0.3 is 9.64 Å². The molecule has 148 valence electrons. The van der Waals surface area contributed by atoms with E-state index in [9.17, 15) is 13.6 Å². The molecule has 2 aliphatic rings. The maximum absolute atomic E-state index is 13.9. The van der Waals surface area contributed by atoms with Crippen LogP contribution in [-0.4, -0.2) is 48.5 Å². The SMILES string of the molecule is CCOc1ccccc1C(=O)N1CC2CN(Cc3ccc(F)cc3F)CC2C1. The highest BCUT2D eigenvalue weighted by molar-refractivity contribution is 5.97. The van der Waals surface area contributed by atoms with Crippen LogP contribution in [0.2, 0.25) is 0 Å². The van der Waals surface area contributed by atoms with Crippen molar-refractivity contribution in [2.45, 2.75) is 13.5 Å². The van der Waals surface area contributed by atoms with Crippen molar-refractivity contribution in [3.63, 3.8) is 0 Å². The average Bonchev–Trinajstić information content (AvgIpc) is 3.23. The quantitative estimate of drug-likeness (QED) is 0.788. The lowest BCUT2D eigenvalue weighted by Crippen LogP contribution is -2.33. The van der Waals surface area contributed by atoms with Crippen LogP contribution in [-0.2, 0) is 6.54 Å². The van der Waals surface area contributed by atoms with Gasteiger partial charge in [-0.1, -0.05) is 18.2 Å². The zero-order chi connectivity index (χ0) is 19.7. The van der Waals surface area contributed by atoms with E-state index in [0.717, 1.165) is 19.2 Å². The maximum atomic E-state index is 13.9. The van der Waals surface area contributed by atoms with Crippen LogP contribution in [0.5, 0.6) is 5.75 Å². The summed E-state index contributed by atoms with van der Waals surface area (Å²) in [6.07, 6.45) is 0. The number of fused-ring (bicyclic) bond motifs is 1. The van der Waals surface area contributed by atoms with E-state index in [-0.39, 0.29) is 5.91 Å². The molecule has 4 nitrogen and oxygen atoms in total. The van der Waals surface area contributed by atoms with Gasteiger partial charge in [-0.05, 0) is 37.0 Å². The molecule has 0 spiro atoms. The van der Waals surface area contributed by atoms with Gasteiger partial charge in [0.05, 0.1) is 12.2 Å². The lowest BCUT2D eigenvalue weighted by atomic mass is 10.0. The van der Waals surface area contributed by atoms with Crippen LogP contribution >= 0.6 is 0 Å². The van der Waals surface area contributed by atoms with E-state index in [1.807, 2.05) is 36.1 Å². The molecule has 2 heterocycles. The molecule has 2 saturated heterocycles. The number of hydrogen-bond acceptors (Lipinski definition) is 3. The van der Waals surface area contributed by atoms with Gasteiger partial charge in [-0.3, -0.25) is 9.69 Å². The van der Waals surface area contributed by atoms with Crippen molar-refractivity contribution in [3.8, 4) is 5.75 Å². The molecule has 2 aliphatic heterocycles. The number of likely N-dealkylation sites (tertiary alicyclic amines) is 2. The number of carbonyl (C=O) groups excluding carboxylic acids is 1. The molecule has 2 fully saturated rings. The van der Waals surface area contributed by atoms with Crippen LogP contribution in [0.25, 0.3) is 0 Å². The Morgan fingerprint density at radius 3 is 2.46 bits per heavy atom. The molecule has 2 aromatic rings. The van der Waals surface area contributed by atoms with Crippen LogP contribution in [0.3, 0.4) is 0 Å². The fraction of sp³-hybridized carbons (Fsp3) is 0.409. The summed E-state index contributed by atoms with van der Waals surface area (Å²) < 4.78 is 32.6. The average molecular weight is 386 g/mol. The van der Waals surface area contributed by atoms with Crippen LogP contribution in [0, 0.1) is 23.5 Å². The van der Waals surface area contributed by atoms with Crippen LogP contribution in [0.15, 0.2) is 42.5 Å². The molecule has 0 saturated carbocycles. The number of para-hydroxylation sites is 1. The maximum Gasteiger partial charge on any atom is 0.257 e. The first-order chi connectivity index (χ1) is 13.5. The van der Waals surface area contributed by atoms with Gasteiger partial charge in [-0.25, -0.2) is 8.78 Å². The summed E-state index contributed by atoms with van der Waals surface area (Å²) in [5.74, 6) is 0.343. The van der Waals surface area contributed by atoms with Crippen molar-refractivity contribution in [2.24, 2.45) is 11.8 Å². The number of ether oxygens (including phenoxy) is 1. The second-order valence-corrected chi connectivity index (χ2v) is 7.59. The summed E-state index contributed by atoms with van der Waals surface area (Å²) in [6, 6.07) is 11.1. The topological polar surface area (TPSA) is 32.8 Å². The summed E-state index contributed by atoms with van der Waals surface area (Å²) in [5.41, 5.74) is 1.12. The monoisotopic (exact) mass is 386 g/mol. The molecule has 2 aromatic carbocycles. The first-order valence-corrected chi connectivity index (χ1v) is 9.72. The van der Waals surface area contributed by atoms with Gasteiger partial charge >= 0.3 is 0 Å². The van der Waals surface area contributed by atoms with Gasteiger partial charge in [0.1, 0.15) is 17.4 Å². The smallest absolute Gasteiger partial charge is 0.257 e. The predicted molar refractivity (Wildman–Crippen MR) is 102 cm³/mol. The van der Waals surface area contributed by atoms with Crippen molar-refractivity contribution in [1.82, 2.24) is 9.80 Å². The highest BCUT2D eigenvalue weighted by Crippen LogP contribution is 2.34. The molecule has 28 heavy (non-hydrogen) atoms. The second-order valence-electron chi connectivity index (χ2n) is 7.59. The van der Waals surface area contributed by atoms with Gasteiger partial charge in [-0.2, -0.15) is 0 Å². The Labute approximate surface area is 163 Å². The van der Waals surface area contributed by atoms with Crippen LogP contribution < -0.4 is 4.74 Å². The second kappa shape index (κ2) is 7.87. The third-order valence-corrected chi connectivity index (χ3v) is 5.68. The summed E-state index contributed by atoms with van der Waals surface area (Å²) in [7, 11) is 0. The molecule has 2 unspecified atom stereocenters. The zero-order valence-corrected chi connectivity index (χ0v) is 15.9. The summed E-state index contributed by atoms with van der Waals surface area (Å²) >= 11 is 0. The van der Waals surface area contributed by atoms with Crippen molar-refractivity contribution in [3.05, 3.63) is 65.2 Å². The van der Waals surface area contributed by atoms with E-state index in [2.05, 4.69) is 4.90 Å². The predicted octanol–water partition coefficient (Wildman–Crippen LogP) is 3.57. The van der Waals surface area contributed by atoms with E-state index >= 15 is 0 Å². The summed E-state index contributed by atoms with van der Waals surface area (Å²) in [6.45, 7) is 5.93. The van der Waals surface area contributed by atoms with E-state index < -0.39 is 11.6 Å². The minimum Gasteiger partial charge on any atom is -0.493 e. The molecule has 0 N–H and O–H groups in total. The highest BCUT2D eigenvalue weighted by Gasteiger charge is 2.42. The fourth-order valence-corrected chi connectivity index (χ4v) is 4.37.